The van der Waals surface area contributed by atoms with Gasteiger partial charge in [-0.1, -0.05) is 29.8 Å². The molecule has 1 saturated heterocycles. The van der Waals surface area contributed by atoms with Crippen molar-refractivity contribution in [1.82, 2.24) is 9.62 Å². The second-order valence-corrected chi connectivity index (χ2v) is 9.73. The molecule has 1 aliphatic rings. The molecule has 0 aliphatic carbocycles. The fraction of sp³-hybridized carbons (Fsp3) is 0.353. The minimum atomic E-state index is -3.53. The number of thiophene rings is 1. The standard InChI is InChI=1S/C17H19ClN2O4S2/c18-15-6-7-16(25-15)26(22,23)19-12-13-8-10-20(11-9-13)17(21)24-14-4-2-1-3-5-14/h1-7,13,19H,8-12H2. The van der Waals surface area contributed by atoms with Crippen molar-refractivity contribution in [2.75, 3.05) is 19.6 Å². The summed E-state index contributed by atoms with van der Waals surface area (Å²) in [5, 5.41) is 0. The average molecular weight is 415 g/mol. The molecule has 0 saturated carbocycles. The Balaban J connectivity index is 1.46. The fourth-order valence-corrected chi connectivity index (χ4v) is 5.36. The van der Waals surface area contributed by atoms with Gasteiger partial charge in [0.25, 0.3) is 0 Å². The normalized spacial score (nSPS) is 15.8. The summed E-state index contributed by atoms with van der Waals surface area (Å²) in [5.41, 5.74) is 0. The zero-order valence-electron chi connectivity index (χ0n) is 13.9. The van der Waals surface area contributed by atoms with Gasteiger partial charge in [-0.2, -0.15) is 0 Å². The Morgan fingerprint density at radius 3 is 2.50 bits per heavy atom. The topological polar surface area (TPSA) is 75.7 Å². The van der Waals surface area contributed by atoms with E-state index >= 15 is 0 Å². The molecule has 3 rings (SSSR count). The van der Waals surface area contributed by atoms with Crippen molar-refractivity contribution in [1.29, 1.82) is 0 Å². The van der Waals surface area contributed by atoms with E-state index in [9.17, 15) is 13.2 Å². The molecule has 26 heavy (non-hydrogen) atoms. The number of benzene rings is 1. The Hall–Kier alpha value is -1.61. The van der Waals surface area contributed by atoms with Crippen molar-refractivity contribution in [3.05, 3.63) is 46.8 Å². The molecule has 0 radical (unpaired) electrons. The number of nitrogens with zero attached hydrogens (tertiary/aromatic N) is 1. The summed E-state index contributed by atoms with van der Waals surface area (Å²) in [6.45, 7) is 1.44. The number of likely N-dealkylation sites (tertiary alicyclic amines) is 1. The summed E-state index contributed by atoms with van der Waals surface area (Å²) in [7, 11) is -3.53. The van der Waals surface area contributed by atoms with Crippen LogP contribution in [0.5, 0.6) is 5.75 Å². The van der Waals surface area contributed by atoms with Gasteiger partial charge >= 0.3 is 6.09 Å². The quantitative estimate of drug-likeness (QED) is 0.811. The Labute approximate surface area is 161 Å². The molecule has 140 valence electrons. The first-order chi connectivity index (χ1) is 12.4. The molecule has 6 nitrogen and oxygen atoms in total. The molecule has 2 heterocycles. The number of para-hydroxylation sites is 1. The largest absolute Gasteiger partial charge is 0.415 e. The molecular formula is C17H19ClN2O4S2. The van der Waals surface area contributed by atoms with E-state index in [4.69, 9.17) is 16.3 Å². The first kappa shape index (κ1) is 19.2. The molecule has 1 amide bonds. The summed E-state index contributed by atoms with van der Waals surface area (Å²) >= 11 is 6.83. The van der Waals surface area contributed by atoms with E-state index in [-0.39, 0.29) is 16.2 Å². The number of carbonyl (C=O) groups excluding carboxylic acids is 1. The summed E-state index contributed by atoms with van der Waals surface area (Å²) < 4.78 is 33.1. The van der Waals surface area contributed by atoms with E-state index in [1.807, 2.05) is 18.2 Å². The Bertz CT molecular complexity index is 847. The maximum atomic E-state index is 12.2. The fourth-order valence-electron chi connectivity index (χ4n) is 2.71. The number of sulfonamides is 1. The zero-order chi connectivity index (χ0) is 18.6. The third-order valence-corrected chi connectivity index (χ3v) is 7.34. The minimum absolute atomic E-state index is 0.181. The molecule has 1 aliphatic heterocycles. The van der Waals surface area contributed by atoms with Gasteiger partial charge in [-0.3, -0.25) is 0 Å². The van der Waals surface area contributed by atoms with E-state index in [0.717, 1.165) is 24.2 Å². The Morgan fingerprint density at radius 1 is 1.19 bits per heavy atom. The average Bonchev–Trinajstić information content (AvgIpc) is 3.09. The van der Waals surface area contributed by atoms with Gasteiger partial charge in [-0.25, -0.2) is 17.9 Å². The predicted molar refractivity (Wildman–Crippen MR) is 101 cm³/mol. The van der Waals surface area contributed by atoms with Crippen LogP contribution in [0.15, 0.2) is 46.7 Å². The summed E-state index contributed by atoms with van der Waals surface area (Å²) in [6, 6.07) is 12.0. The molecule has 0 unspecified atom stereocenters. The van der Waals surface area contributed by atoms with Crippen molar-refractivity contribution in [3.8, 4) is 5.75 Å². The number of hydrogen-bond acceptors (Lipinski definition) is 5. The lowest BCUT2D eigenvalue weighted by Crippen LogP contribution is -2.42. The maximum absolute atomic E-state index is 12.2. The molecule has 0 bridgehead atoms. The van der Waals surface area contributed by atoms with Crippen LogP contribution in [-0.2, 0) is 10.0 Å². The zero-order valence-corrected chi connectivity index (χ0v) is 16.3. The smallest absolute Gasteiger partial charge is 0.410 e. The number of halogens is 1. The van der Waals surface area contributed by atoms with Crippen molar-refractivity contribution in [2.45, 2.75) is 17.1 Å². The van der Waals surface area contributed by atoms with Crippen molar-refractivity contribution < 1.29 is 17.9 Å². The molecule has 2 aromatic rings. The van der Waals surface area contributed by atoms with Crippen LogP contribution < -0.4 is 9.46 Å². The van der Waals surface area contributed by atoms with Crippen molar-refractivity contribution in [2.24, 2.45) is 5.92 Å². The van der Waals surface area contributed by atoms with E-state index in [1.165, 1.54) is 6.07 Å². The van der Waals surface area contributed by atoms with Gasteiger partial charge in [0.2, 0.25) is 10.0 Å². The number of amides is 1. The molecular weight excluding hydrogens is 396 g/mol. The van der Waals surface area contributed by atoms with Crippen LogP contribution in [0.1, 0.15) is 12.8 Å². The van der Waals surface area contributed by atoms with E-state index in [1.54, 1.807) is 23.1 Å². The predicted octanol–water partition coefficient (Wildman–Crippen LogP) is 3.59. The van der Waals surface area contributed by atoms with Crippen LogP contribution in [-0.4, -0.2) is 39.0 Å². The highest BCUT2D eigenvalue weighted by Crippen LogP contribution is 2.26. The number of ether oxygens (including phenoxy) is 1. The van der Waals surface area contributed by atoms with Gasteiger partial charge in [-0.15, -0.1) is 11.3 Å². The summed E-state index contributed by atoms with van der Waals surface area (Å²) in [6.07, 6.45) is 1.07. The van der Waals surface area contributed by atoms with Gasteiger partial charge < -0.3 is 9.64 Å². The van der Waals surface area contributed by atoms with Gasteiger partial charge in [0.05, 0.1) is 4.34 Å². The highest BCUT2D eigenvalue weighted by molar-refractivity contribution is 7.91. The summed E-state index contributed by atoms with van der Waals surface area (Å²) in [4.78, 5) is 13.8. The Morgan fingerprint density at radius 2 is 1.88 bits per heavy atom. The number of carbonyl (C=O) groups is 1. The highest BCUT2D eigenvalue weighted by Gasteiger charge is 2.26. The van der Waals surface area contributed by atoms with Crippen LogP contribution in [0.3, 0.4) is 0 Å². The van der Waals surface area contributed by atoms with E-state index in [0.29, 0.717) is 29.7 Å². The van der Waals surface area contributed by atoms with Gasteiger partial charge in [0.15, 0.2) is 0 Å². The second kappa shape index (κ2) is 8.39. The molecule has 1 N–H and O–H groups in total. The third kappa shape index (κ3) is 4.97. The first-order valence-corrected chi connectivity index (χ1v) is 10.9. The van der Waals surface area contributed by atoms with Crippen LogP contribution >= 0.6 is 22.9 Å². The van der Waals surface area contributed by atoms with Gasteiger partial charge in [0, 0.05) is 19.6 Å². The first-order valence-electron chi connectivity index (χ1n) is 8.21. The number of hydrogen-bond donors (Lipinski definition) is 1. The lowest BCUT2D eigenvalue weighted by Gasteiger charge is -2.31. The minimum Gasteiger partial charge on any atom is -0.410 e. The molecule has 1 aromatic carbocycles. The molecule has 9 heteroatoms. The van der Waals surface area contributed by atoms with E-state index in [2.05, 4.69) is 4.72 Å². The highest BCUT2D eigenvalue weighted by atomic mass is 35.5. The molecule has 1 fully saturated rings. The number of nitrogens with one attached hydrogen (secondary N) is 1. The molecule has 0 spiro atoms. The van der Waals surface area contributed by atoms with Gasteiger partial charge in [-0.05, 0) is 43.0 Å². The van der Waals surface area contributed by atoms with Crippen LogP contribution in [0, 0.1) is 5.92 Å². The third-order valence-electron chi connectivity index (χ3n) is 4.20. The van der Waals surface area contributed by atoms with Crippen LogP contribution in [0.4, 0.5) is 4.79 Å². The SMILES string of the molecule is O=C(Oc1ccccc1)N1CCC(CNS(=O)(=O)c2ccc(Cl)s2)CC1. The second-order valence-electron chi connectivity index (χ2n) is 6.02. The molecule has 0 atom stereocenters. The maximum Gasteiger partial charge on any atom is 0.415 e. The van der Waals surface area contributed by atoms with E-state index < -0.39 is 10.0 Å². The summed E-state index contributed by atoms with van der Waals surface area (Å²) in [5.74, 6) is 0.697. The Kier molecular flexibility index (Phi) is 6.18. The molecule has 1 aromatic heterocycles. The number of piperidine rings is 1. The van der Waals surface area contributed by atoms with Crippen LogP contribution in [0.2, 0.25) is 4.34 Å². The van der Waals surface area contributed by atoms with Gasteiger partial charge in [0.1, 0.15) is 9.96 Å². The van der Waals surface area contributed by atoms with Crippen molar-refractivity contribution >= 4 is 39.1 Å². The number of rotatable bonds is 5. The lowest BCUT2D eigenvalue weighted by molar-refractivity contribution is 0.131. The van der Waals surface area contributed by atoms with Crippen LogP contribution in [0.25, 0.3) is 0 Å². The monoisotopic (exact) mass is 414 g/mol. The van der Waals surface area contributed by atoms with Crippen molar-refractivity contribution in [3.63, 3.8) is 0 Å². The lowest BCUT2D eigenvalue weighted by atomic mass is 9.97.